The van der Waals surface area contributed by atoms with Gasteiger partial charge in [0.05, 0.1) is 19.8 Å². The molecule has 0 amide bonds. The van der Waals surface area contributed by atoms with E-state index >= 15 is 0 Å². The summed E-state index contributed by atoms with van der Waals surface area (Å²) in [6.45, 7) is 4.27. The molecular formula is C28H27ClO5. The summed E-state index contributed by atoms with van der Waals surface area (Å²) in [5.41, 5.74) is 3.90. The molecule has 0 aliphatic carbocycles. The standard InChI is InChI=1S/C28H27ClO5/c1-17(2)19-7-5-18(6-8-19)15-23-26(20-9-14-24(32-3)25(16-20)33-4)27(30)34-28(23,31)21-10-12-22(29)13-11-21/h5-14,16-17,31H,15H2,1-4H3. The summed E-state index contributed by atoms with van der Waals surface area (Å²) in [6, 6.07) is 20.0. The highest BCUT2D eigenvalue weighted by molar-refractivity contribution is 6.30. The highest BCUT2D eigenvalue weighted by atomic mass is 35.5. The van der Waals surface area contributed by atoms with E-state index in [1.807, 2.05) is 12.1 Å². The first-order chi connectivity index (χ1) is 16.3. The minimum absolute atomic E-state index is 0.298. The van der Waals surface area contributed by atoms with Crippen LogP contribution in [0.3, 0.4) is 0 Å². The summed E-state index contributed by atoms with van der Waals surface area (Å²) in [7, 11) is 3.08. The van der Waals surface area contributed by atoms with Crippen LogP contribution in [0.5, 0.6) is 11.5 Å². The Morgan fingerprint density at radius 2 is 1.59 bits per heavy atom. The highest BCUT2D eigenvalue weighted by Crippen LogP contribution is 2.46. The van der Waals surface area contributed by atoms with E-state index in [2.05, 4.69) is 26.0 Å². The van der Waals surface area contributed by atoms with Crippen molar-refractivity contribution in [1.29, 1.82) is 0 Å². The molecule has 0 saturated heterocycles. The van der Waals surface area contributed by atoms with Crippen molar-refractivity contribution in [2.75, 3.05) is 14.2 Å². The molecule has 6 heteroatoms. The third kappa shape index (κ3) is 4.41. The summed E-state index contributed by atoms with van der Waals surface area (Å²) in [6.07, 6.45) is 0.312. The van der Waals surface area contributed by atoms with Crippen LogP contribution < -0.4 is 9.47 Å². The Bertz CT molecular complexity index is 1230. The first-order valence-electron chi connectivity index (χ1n) is 11.0. The van der Waals surface area contributed by atoms with Crippen LogP contribution in [0.25, 0.3) is 5.57 Å². The Morgan fingerprint density at radius 1 is 0.941 bits per heavy atom. The Balaban J connectivity index is 1.88. The molecule has 1 aliphatic heterocycles. The number of halogens is 1. The third-order valence-corrected chi connectivity index (χ3v) is 6.34. The lowest BCUT2D eigenvalue weighted by atomic mass is 9.87. The molecule has 0 saturated carbocycles. The second kappa shape index (κ2) is 9.53. The fraction of sp³-hybridized carbons (Fsp3) is 0.250. The average molecular weight is 479 g/mol. The molecule has 1 heterocycles. The molecule has 1 N–H and O–H groups in total. The lowest BCUT2D eigenvalue weighted by molar-refractivity contribution is -0.185. The fourth-order valence-corrected chi connectivity index (χ4v) is 4.29. The van der Waals surface area contributed by atoms with E-state index in [9.17, 15) is 9.90 Å². The third-order valence-electron chi connectivity index (χ3n) is 6.09. The minimum Gasteiger partial charge on any atom is -0.493 e. The summed E-state index contributed by atoms with van der Waals surface area (Å²) >= 11 is 6.06. The van der Waals surface area contributed by atoms with E-state index in [0.29, 0.717) is 51.1 Å². The van der Waals surface area contributed by atoms with Crippen molar-refractivity contribution in [1.82, 2.24) is 0 Å². The van der Waals surface area contributed by atoms with Crippen LogP contribution in [-0.4, -0.2) is 25.3 Å². The van der Waals surface area contributed by atoms with Crippen molar-refractivity contribution in [3.05, 3.63) is 99.6 Å². The van der Waals surface area contributed by atoms with Crippen LogP contribution >= 0.6 is 11.6 Å². The molecule has 176 valence electrons. The number of esters is 1. The van der Waals surface area contributed by atoms with Gasteiger partial charge in [0.2, 0.25) is 0 Å². The monoisotopic (exact) mass is 478 g/mol. The van der Waals surface area contributed by atoms with Crippen LogP contribution in [0.2, 0.25) is 5.02 Å². The number of ether oxygens (including phenoxy) is 3. The average Bonchev–Trinajstić information content (AvgIpc) is 3.09. The van der Waals surface area contributed by atoms with E-state index in [0.717, 1.165) is 5.56 Å². The van der Waals surface area contributed by atoms with Crippen molar-refractivity contribution < 1.29 is 24.1 Å². The van der Waals surface area contributed by atoms with E-state index in [-0.39, 0.29) is 0 Å². The van der Waals surface area contributed by atoms with Gasteiger partial charge in [-0.15, -0.1) is 0 Å². The Labute approximate surface area is 204 Å². The second-order valence-corrected chi connectivity index (χ2v) is 8.97. The number of rotatable bonds is 7. The molecule has 34 heavy (non-hydrogen) atoms. The number of carbonyl (C=O) groups excluding carboxylic acids is 1. The van der Waals surface area contributed by atoms with Crippen LogP contribution in [0, 0.1) is 0 Å². The van der Waals surface area contributed by atoms with Crippen molar-refractivity contribution in [2.24, 2.45) is 0 Å². The van der Waals surface area contributed by atoms with Crippen LogP contribution in [0.15, 0.2) is 72.3 Å². The van der Waals surface area contributed by atoms with Crippen molar-refractivity contribution >= 4 is 23.1 Å². The predicted molar refractivity (Wildman–Crippen MR) is 132 cm³/mol. The van der Waals surface area contributed by atoms with Gasteiger partial charge in [-0.3, -0.25) is 0 Å². The SMILES string of the molecule is COc1ccc(C2=C(Cc3ccc(C(C)C)cc3)C(O)(c3ccc(Cl)cc3)OC2=O)cc1OC. The van der Waals surface area contributed by atoms with Gasteiger partial charge in [0.25, 0.3) is 5.79 Å². The Hall–Kier alpha value is -3.28. The molecule has 1 atom stereocenters. The molecule has 4 rings (SSSR count). The smallest absolute Gasteiger partial charge is 0.342 e. The zero-order valence-electron chi connectivity index (χ0n) is 19.6. The first-order valence-corrected chi connectivity index (χ1v) is 11.4. The first kappa shape index (κ1) is 23.9. The number of aliphatic hydroxyl groups is 1. The van der Waals surface area contributed by atoms with Gasteiger partial charge in [-0.05, 0) is 46.9 Å². The van der Waals surface area contributed by atoms with Crippen molar-refractivity contribution in [2.45, 2.75) is 32.0 Å². The quantitative estimate of drug-likeness (QED) is 0.429. The van der Waals surface area contributed by atoms with E-state index in [1.165, 1.54) is 12.7 Å². The molecule has 0 aromatic heterocycles. The zero-order chi connectivity index (χ0) is 24.5. The largest absolute Gasteiger partial charge is 0.493 e. The maximum absolute atomic E-state index is 13.2. The fourth-order valence-electron chi connectivity index (χ4n) is 4.16. The van der Waals surface area contributed by atoms with Crippen LogP contribution in [0.4, 0.5) is 0 Å². The van der Waals surface area contributed by atoms with E-state index in [1.54, 1.807) is 49.6 Å². The van der Waals surface area contributed by atoms with Gasteiger partial charge in [0.1, 0.15) is 0 Å². The summed E-state index contributed by atoms with van der Waals surface area (Å²) in [5, 5.41) is 12.3. The van der Waals surface area contributed by atoms with Gasteiger partial charge >= 0.3 is 5.97 Å². The number of methoxy groups -OCH3 is 2. The highest BCUT2D eigenvalue weighted by Gasteiger charge is 2.48. The maximum atomic E-state index is 13.2. The van der Waals surface area contributed by atoms with Gasteiger partial charge in [0, 0.05) is 22.6 Å². The lowest BCUT2D eigenvalue weighted by Crippen LogP contribution is -2.29. The molecule has 0 fully saturated rings. The number of hydrogen-bond acceptors (Lipinski definition) is 5. The van der Waals surface area contributed by atoms with Crippen molar-refractivity contribution in [3.63, 3.8) is 0 Å². The summed E-state index contributed by atoms with van der Waals surface area (Å²) < 4.78 is 16.4. The van der Waals surface area contributed by atoms with E-state index in [4.69, 9.17) is 25.8 Å². The maximum Gasteiger partial charge on any atom is 0.342 e. The Morgan fingerprint density at radius 3 is 2.18 bits per heavy atom. The van der Waals surface area contributed by atoms with E-state index < -0.39 is 11.8 Å². The molecule has 0 radical (unpaired) electrons. The molecule has 0 spiro atoms. The minimum atomic E-state index is -1.93. The number of carbonyl (C=O) groups is 1. The molecule has 3 aromatic carbocycles. The van der Waals surface area contributed by atoms with Crippen LogP contribution in [-0.2, 0) is 21.7 Å². The van der Waals surface area contributed by atoms with Gasteiger partial charge in [0.15, 0.2) is 11.5 Å². The molecule has 3 aromatic rings. The number of benzene rings is 3. The van der Waals surface area contributed by atoms with Gasteiger partial charge in [-0.25, -0.2) is 4.79 Å². The molecule has 1 unspecified atom stereocenters. The van der Waals surface area contributed by atoms with Gasteiger partial charge < -0.3 is 19.3 Å². The van der Waals surface area contributed by atoms with Crippen LogP contribution in [0.1, 0.15) is 42.0 Å². The predicted octanol–water partition coefficient (Wildman–Crippen LogP) is 5.88. The zero-order valence-corrected chi connectivity index (χ0v) is 20.3. The topological polar surface area (TPSA) is 65.0 Å². The molecule has 1 aliphatic rings. The second-order valence-electron chi connectivity index (χ2n) is 8.54. The van der Waals surface area contributed by atoms with Gasteiger partial charge in [-0.1, -0.05) is 67.9 Å². The van der Waals surface area contributed by atoms with Crippen molar-refractivity contribution in [3.8, 4) is 11.5 Å². The summed E-state index contributed by atoms with van der Waals surface area (Å²) in [4.78, 5) is 13.2. The number of hydrogen-bond donors (Lipinski definition) is 1. The molecule has 5 nitrogen and oxygen atoms in total. The normalized spacial score (nSPS) is 17.8. The lowest BCUT2D eigenvalue weighted by Gasteiger charge is -2.26. The number of cyclic esters (lactones) is 1. The van der Waals surface area contributed by atoms with Gasteiger partial charge in [-0.2, -0.15) is 0 Å². The summed E-state index contributed by atoms with van der Waals surface area (Å²) in [5.74, 6) is -1.13. The molecule has 0 bridgehead atoms. The Kier molecular flexibility index (Phi) is 6.69. The molecular weight excluding hydrogens is 452 g/mol.